The fourth-order valence-electron chi connectivity index (χ4n) is 3.68. The predicted molar refractivity (Wildman–Crippen MR) is 83.9 cm³/mol. The van der Waals surface area contributed by atoms with Crippen LogP contribution in [0.3, 0.4) is 0 Å². The molecule has 1 aromatic carbocycles. The molecule has 1 saturated carbocycles. The summed E-state index contributed by atoms with van der Waals surface area (Å²) in [7, 11) is -3.29. The standard InChI is InChI=1S/C15H22N2O3S/c1-15(2)13(10-8-9-20-14(10)15)16-11-6-4-5-7-12(11)17-21(3,18)19/h4-7,10,13-14,16-17H,8-9H2,1-3H3. The van der Waals surface area contributed by atoms with Crippen molar-refractivity contribution in [3.8, 4) is 0 Å². The lowest BCUT2D eigenvalue weighted by molar-refractivity contribution is -0.0922. The lowest BCUT2D eigenvalue weighted by Crippen LogP contribution is -2.63. The minimum absolute atomic E-state index is 0.0549. The maximum absolute atomic E-state index is 11.5. The molecular weight excluding hydrogens is 288 g/mol. The molecule has 1 aliphatic heterocycles. The quantitative estimate of drug-likeness (QED) is 0.895. The molecule has 3 unspecified atom stereocenters. The van der Waals surface area contributed by atoms with Crippen LogP contribution < -0.4 is 10.0 Å². The van der Waals surface area contributed by atoms with Crippen LogP contribution in [0, 0.1) is 11.3 Å². The number of hydrogen-bond acceptors (Lipinski definition) is 4. The molecular formula is C15H22N2O3S. The zero-order chi connectivity index (χ0) is 15.3. The molecule has 2 fully saturated rings. The number of para-hydroxylation sites is 2. The first-order chi connectivity index (χ1) is 9.79. The highest BCUT2D eigenvalue weighted by Crippen LogP contribution is 2.53. The molecule has 2 N–H and O–H groups in total. The van der Waals surface area contributed by atoms with Gasteiger partial charge in [0.05, 0.1) is 23.7 Å². The van der Waals surface area contributed by atoms with E-state index in [9.17, 15) is 8.42 Å². The number of fused-ring (bicyclic) bond motifs is 1. The van der Waals surface area contributed by atoms with E-state index < -0.39 is 10.0 Å². The Bertz CT molecular complexity index is 642. The van der Waals surface area contributed by atoms with E-state index in [4.69, 9.17) is 4.74 Å². The molecule has 5 nitrogen and oxygen atoms in total. The summed E-state index contributed by atoms with van der Waals surface area (Å²) in [4.78, 5) is 0. The fourth-order valence-corrected chi connectivity index (χ4v) is 4.26. The minimum atomic E-state index is -3.29. The Kier molecular flexibility index (Phi) is 3.41. The van der Waals surface area contributed by atoms with Gasteiger partial charge in [-0.2, -0.15) is 0 Å². The molecule has 6 heteroatoms. The van der Waals surface area contributed by atoms with Crippen LogP contribution in [-0.2, 0) is 14.8 Å². The predicted octanol–water partition coefficient (Wildman–Crippen LogP) is 2.28. The highest BCUT2D eigenvalue weighted by atomic mass is 32.2. The van der Waals surface area contributed by atoms with Crippen LogP contribution >= 0.6 is 0 Å². The summed E-state index contributed by atoms with van der Waals surface area (Å²) in [5.74, 6) is 0.506. The van der Waals surface area contributed by atoms with Gasteiger partial charge in [-0.15, -0.1) is 0 Å². The maximum atomic E-state index is 11.5. The van der Waals surface area contributed by atoms with E-state index in [2.05, 4.69) is 23.9 Å². The number of hydrogen-bond donors (Lipinski definition) is 2. The van der Waals surface area contributed by atoms with Crippen molar-refractivity contribution in [1.82, 2.24) is 0 Å². The second-order valence-corrected chi connectivity index (χ2v) is 8.36. The molecule has 3 rings (SSSR count). The highest BCUT2D eigenvalue weighted by Gasteiger charge is 2.59. The van der Waals surface area contributed by atoms with E-state index in [0.717, 1.165) is 25.0 Å². The molecule has 0 bridgehead atoms. The molecule has 21 heavy (non-hydrogen) atoms. The van der Waals surface area contributed by atoms with Crippen molar-refractivity contribution < 1.29 is 13.2 Å². The number of nitrogens with one attached hydrogen (secondary N) is 2. The Balaban J connectivity index is 1.82. The maximum Gasteiger partial charge on any atom is 0.229 e. The van der Waals surface area contributed by atoms with E-state index in [1.54, 1.807) is 6.07 Å². The number of rotatable bonds is 4. The van der Waals surface area contributed by atoms with E-state index in [1.807, 2.05) is 18.2 Å². The van der Waals surface area contributed by atoms with Gasteiger partial charge in [-0.3, -0.25) is 4.72 Å². The number of ether oxygens (including phenoxy) is 1. The van der Waals surface area contributed by atoms with Crippen LogP contribution in [0.4, 0.5) is 11.4 Å². The number of sulfonamides is 1. The van der Waals surface area contributed by atoms with Crippen molar-refractivity contribution in [1.29, 1.82) is 0 Å². The minimum Gasteiger partial charge on any atom is -0.380 e. The number of anilines is 2. The molecule has 3 atom stereocenters. The van der Waals surface area contributed by atoms with Gasteiger partial charge in [0.1, 0.15) is 0 Å². The topological polar surface area (TPSA) is 67.4 Å². The third-order valence-electron chi connectivity index (χ3n) is 4.63. The van der Waals surface area contributed by atoms with E-state index in [-0.39, 0.29) is 5.41 Å². The molecule has 1 aliphatic carbocycles. The molecule has 1 heterocycles. The van der Waals surface area contributed by atoms with Gasteiger partial charge in [-0.1, -0.05) is 26.0 Å². The van der Waals surface area contributed by atoms with E-state index in [1.165, 1.54) is 0 Å². The Labute approximate surface area is 126 Å². The molecule has 0 amide bonds. The normalized spacial score (nSPS) is 30.3. The highest BCUT2D eigenvalue weighted by molar-refractivity contribution is 7.92. The zero-order valence-corrected chi connectivity index (χ0v) is 13.4. The lowest BCUT2D eigenvalue weighted by Gasteiger charge is -2.55. The van der Waals surface area contributed by atoms with Crippen LogP contribution in [-0.4, -0.2) is 33.4 Å². The fraction of sp³-hybridized carbons (Fsp3) is 0.600. The summed E-state index contributed by atoms with van der Waals surface area (Å²) >= 11 is 0. The molecule has 0 spiro atoms. The Morgan fingerprint density at radius 3 is 2.57 bits per heavy atom. The second kappa shape index (κ2) is 4.88. The average molecular weight is 310 g/mol. The first kappa shape index (κ1) is 14.7. The summed E-state index contributed by atoms with van der Waals surface area (Å²) in [5.41, 5.74) is 1.48. The summed E-state index contributed by atoms with van der Waals surface area (Å²) < 4.78 is 31.3. The number of benzene rings is 1. The molecule has 116 valence electrons. The lowest BCUT2D eigenvalue weighted by atomic mass is 9.57. The summed E-state index contributed by atoms with van der Waals surface area (Å²) in [6.45, 7) is 5.22. The van der Waals surface area contributed by atoms with Crippen LogP contribution in [0.1, 0.15) is 20.3 Å². The Morgan fingerprint density at radius 2 is 1.90 bits per heavy atom. The van der Waals surface area contributed by atoms with Crippen LogP contribution in [0.25, 0.3) is 0 Å². The first-order valence-electron chi connectivity index (χ1n) is 7.24. The summed E-state index contributed by atoms with van der Waals surface area (Å²) in [6.07, 6.45) is 2.54. The van der Waals surface area contributed by atoms with Crippen molar-refractivity contribution in [2.24, 2.45) is 11.3 Å². The zero-order valence-electron chi connectivity index (χ0n) is 12.6. The third-order valence-corrected chi connectivity index (χ3v) is 5.22. The van der Waals surface area contributed by atoms with Crippen LogP contribution in [0.2, 0.25) is 0 Å². The van der Waals surface area contributed by atoms with Gasteiger partial charge >= 0.3 is 0 Å². The van der Waals surface area contributed by atoms with Gasteiger partial charge in [0, 0.05) is 24.0 Å². The first-order valence-corrected chi connectivity index (χ1v) is 9.13. The van der Waals surface area contributed by atoms with Crippen molar-refractivity contribution in [2.45, 2.75) is 32.4 Å². The smallest absolute Gasteiger partial charge is 0.229 e. The van der Waals surface area contributed by atoms with Gasteiger partial charge in [0.15, 0.2) is 0 Å². The Hall–Kier alpha value is -1.27. The van der Waals surface area contributed by atoms with Gasteiger partial charge in [0.2, 0.25) is 10.0 Å². The van der Waals surface area contributed by atoms with E-state index >= 15 is 0 Å². The molecule has 1 saturated heterocycles. The molecule has 0 radical (unpaired) electrons. The van der Waals surface area contributed by atoms with Crippen molar-refractivity contribution >= 4 is 21.4 Å². The van der Waals surface area contributed by atoms with Crippen LogP contribution in [0.5, 0.6) is 0 Å². The van der Waals surface area contributed by atoms with Crippen molar-refractivity contribution in [3.05, 3.63) is 24.3 Å². The molecule has 0 aromatic heterocycles. The van der Waals surface area contributed by atoms with Gasteiger partial charge in [-0.25, -0.2) is 8.42 Å². The molecule has 1 aromatic rings. The van der Waals surface area contributed by atoms with Gasteiger partial charge < -0.3 is 10.1 Å². The summed E-state index contributed by atoms with van der Waals surface area (Å²) in [6, 6.07) is 7.72. The van der Waals surface area contributed by atoms with Gasteiger partial charge in [0.25, 0.3) is 0 Å². The van der Waals surface area contributed by atoms with Gasteiger partial charge in [-0.05, 0) is 18.6 Å². The second-order valence-electron chi connectivity index (χ2n) is 6.61. The largest absolute Gasteiger partial charge is 0.380 e. The van der Waals surface area contributed by atoms with E-state index in [0.29, 0.717) is 23.8 Å². The SMILES string of the molecule is CC1(C)C(Nc2ccccc2NS(C)(=O)=O)C2CCOC21. The van der Waals surface area contributed by atoms with Crippen molar-refractivity contribution in [3.63, 3.8) is 0 Å². The average Bonchev–Trinajstić information content (AvgIpc) is 2.82. The monoisotopic (exact) mass is 310 g/mol. The third kappa shape index (κ3) is 2.62. The summed E-state index contributed by atoms with van der Waals surface area (Å²) in [5, 5.41) is 3.52. The molecule has 2 aliphatic rings. The van der Waals surface area contributed by atoms with Crippen LogP contribution in [0.15, 0.2) is 24.3 Å². The van der Waals surface area contributed by atoms with Crippen molar-refractivity contribution in [2.75, 3.05) is 22.9 Å². The Morgan fingerprint density at radius 1 is 1.24 bits per heavy atom.